The van der Waals surface area contributed by atoms with Gasteiger partial charge in [0.2, 0.25) is 5.91 Å². The van der Waals surface area contributed by atoms with E-state index in [0.717, 1.165) is 50.8 Å². The summed E-state index contributed by atoms with van der Waals surface area (Å²) < 4.78 is 0. The molecular formula is C19H30N4O. The van der Waals surface area contributed by atoms with E-state index < -0.39 is 0 Å². The second-order valence-electron chi connectivity index (χ2n) is 7.35. The first-order chi connectivity index (χ1) is 11.6. The second kappa shape index (κ2) is 7.97. The molecule has 0 aromatic carbocycles. The molecule has 1 atom stereocenters. The van der Waals surface area contributed by atoms with E-state index in [1.165, 1.54) is 12.8 Å². The Morgan fingerprint density at radius 1 is 1.17 bits per heavy atom. The lowest BCUT2D eigenvalue weighted by Gasteiger charge is -2.38. The molecule has 132 valence electrons. The first kappa shape index (κ1) is 17.2. The Hall–Kier alpha value is -1.62. The van der Waals surface area contributed by atoms with Crippen LogP contribution >= 0.6 is 0 Å². The molecule has 1 aliphatic heterocycles. The topological polar surface area (TPSA) is 48.5 Å². The number of hydrogen-bond donors (Lipinski definition) is 1. The molecule has 0 bridgehead atoms. The van der Waals surface area contributed by atoms with Crippen LogP contribution in [-0.2, 0) is 4.79 Å². The molecule has 3 rings (SSSR count). The molecule has 1 saturated heterocycles. The Bertz CT molecular complexity index is 519. The lowest BCUT2D eigenvalue weighted by Crippen LogP contribution is -2.55. The number of pyridine rings is 1. The van der Waals surface area contributed by atoms with E-state index in [9.17, 15) is 4.79 Å². The van der Waals surface area contributed by atoms with Gasteiger partial charge in [0, 0.05) is 38.4 Å². The fourth-order valence-electron chi connectivity index (χ4n) is 3.77. The quantitative estimate of drug-likeness (QED) is 0.920. The fourth-order valence-corrected chi connectivity index (χ4v) is 3.77. The smallest absolute Gasteiger partial charge is 0.237 e. The van der Waals surface area contributed by atoms with Gasteiger partial charge in [-0.05, 0) is 50.7 Å². The second-order valence-corrected chi connectivity index (χ2v) is 7.35. The zero-order chi connectivity index (χ0) is 16.9. The van der Waals surface area contributed by atoms with Crippen molar-refractivity contribution in [1.29, 1.82) is 0 Å². The average Bonchev–Trinajstić information content (AvgIpc) is 2.64. The Morgan fingerprint density at radius 2 is 1.88 bits per heavy atom. The minimum Gasteiger partial charge on any atom is -0.354 e. The summed E-state index contributed by atoms with van der Waals surface area (Å²) in [4.78, 5) is 21.6. The molecule has 2 aliphatic rings. The van der Waals surface area contributed by atoms with E-state index in [4.69, 9.17) is 0 Å². The van der Waals surface area contributed by atoms with E-state index in [-0.39, 0.29) is 11.9 Å². The molecular weight excluding hydrogens is 300 g/mol. The molecule has 1 aromatic heterocycles. The number of rotatable bonds is 4. The molecule has 2 fully saturated rings. The number of nitrogens with zero attached hydrogens (tertiary/aromatic N) is 3. The summed E-state index contributed by atoms with van der Waals surface area (Å²) in [6.45, 7) is 8.02. The average molecular weight is 330 g/mol. The van der Waals surface area contributed by atoms with Gasteiger partial charge in [0.15, 0.2) is 0 Å². The molecule has 1 amide bonds. The predicted molar refractivity (Wildman–Crippen MR) is 97.0 cm³/mol. The molecule has 2 heterocycles. The minimum absolute atomic E-state index is 0.0461. The Kier molecular flexibility index (Phi) is 5.72. The van der Waals surface area contributed by atoms with Crippen LogP contribution in [0.3, 0.4) is 0 Å². The highest BCUT2D eigenvalue weighted by atomic mass is 16.2. The van der Waals surface area contributed by atoms with Crippen LogP contribution in [0.4, 0.5) is 5.82 Å². The summed E-state index contributed by atoms with van der Waals surface area (Å²) in [5, 5.41) is 3.27. The summed E-state index contributed by atoms with van der Waals surface area (Å²) in [5.74, 6) is 2.04. The van der Waals surface area contributed by atoms with Crippen molar-refractivity contribution in [1.82, 2.24) is 15.2 Å². The van der Waals surface area contributed by atoms with Crippen molar-refractivity contribution in [2.24, 2.45) is 5.92 Å². The minimum atomic E-state index is -0.0461. The van der Waals surface area contributed by atoms with Crippen LogP contribution < -0.4 is 10.2 Å². The van der Waals surface area contributed by atoms with Crippen molar-refractivity contribution < 1.29 is 4.79 Å². The number of nitrogens with one attached hydrogen (secondary N) is 1. The zero-order valence-corrected chi connectivity index (χ0v) is 14.9. The lowest BCUT2D eigenvalue weighted by atomic mass is 9.87. The highest BCUT2D eigenvalue weighted by Gasteiger charge is 2.28. The Morgan fingerprint density at radius 3 is 2.50 bits per heavy atom. The van der Waals surface area contributed by atoms with Crippen LogP contribution in [0.25, 0.3) is 0 Å². The molecule has 0 spiro atoms. The van der Waals surface area contributed by atoms with E-state index >= 15 is 0 Å². The SMILES string of the molecule is CC1CCC(NC(=O)[C@H](C)N2CCN(c3ccccn3)CC2)CC1. The summed E-state index contributed by atoms with van der Waals surface area (Å²) >= 11 is 0. The largest absolute Gasteiger partial charge is 0.354 e. The molecule has 1 aliphatic carbocycles. The van der Waals surface area contributed by atoms with E-state index in [1.807, 2.05) is 25.3 Å². The van der Waals surface area contributed by atoms with Crippen molar-refractivity contribution in [3.05, 3.63) is 24.4 Å². The molecule has 1 N–H and O–H groups in total. The highest BCUT2D eigenvalue weighted by Crippen LogP contribution is 2.23. The maximum atomic E-state index is 12.6. The maximum Gasteiger partial charge on any atom is 0.237 e. The van der Waals surface area contributed by atoms with Crippen LogP contribution in [-0.4, -0.2) is 54.1 Å². The van der Waals surface area contributed by atoms with E-state index in [0.29, 0.717) is 6.04 Å². The monoisotopic (exact) mass is 330 g/mol. The molecule has 5 nitrogen and oxygen atoms in total. The third-order valence-corrected chi connectivity index (χ3v) is 5.58. The van der Waals surface area contributed by atoms with Crippen molar-refractivity contribution >= 4 is 11.7 Å². The van der Waals surface area contributed by atoms with E-state index in [2.05, 4.69) is 33.1 Å². The lowest BCUT2D eigenvalue weighted by molar-refractivity contribution is -0.127. The molecule has 1 saturated carbocycles. The van der Waals surface area contributed by atoms with Crippen molar-refractivity contribution in [3.63, 3.8) is 0 Å². The predicted octanol–water partition coefficient (Wildman–Crippen LogP) is 2.29. The standard InChI is InChI=1S/C19H30N4O/c1-15-6-8-17(9-7-15)21-19(24)16(2)22-11-13-23(14-12-22)18-5-3-4-10-20-18/h3-5,10,15-17H,6-9,11-14H2,1-2H3,(H,21,24)/t15?,16-,17?/m0/s1. The Balaban J connectivity index is 1.46. The number of amides is 1. The first-order valence-electron chi connectivity index (χ1n) is 9.34. The Labute approximate surface area is 145 Å². The van der Waals surface area contributed by atoms with Gasteiger partial charge in [-0.1, -0.05) is 13.0 Å². The van der Waals surface area contributed by atoms with E-state index in [1.54, 1.807) is 0 Å². The first-order valence-corrected chi connectivity index (χ1v) is 9.34. The van der Waals surface area contributed by atoms with Gasteiger partial charge in [-0.2, -0.15) is 0 Å². The van der Waals surface area contributed by atoms with Crippen molar-refractivity contribution in [2.75, 3.05) is 31.1 Å². The summed E-state index contributed by atoms with van der Waals surface area (Å²) in [6, 6.07) is 6.35. The third-order valence-electron chi connectivity index (χ3n) is 5.58. The number of aromatic nitrogens is 1. The van der Waals surface area contributed by atoms with Gasteiger partial charge in [0.25, 0.3) is 0 Å². The summed E-state index contributed by atoms with van der Waals surface area (Å²) in [6.07, 6.45) is 6.58. The third kappa shape index (κ3) is 4.26. The van der Waals surface area contributed by atoms with Gasteiger partial charge in [-0.15, -0.1) is 0 Å². The van der Waals surface area contributed by atoms with Crippen LogP contribution in [0.1, 0.15) is 39.5 Å². The molecule has 0 unspecified atom stereocenters. The van der Waals surface area contributed by atoms with Gasteiger partial charge in [-0.25, -0.2) is 4.98 Å². The fraction of sp³-hybridized carbons (Fsp3) is 0.684. The highest BCUT2D eigenvalue weighted by molar-refractivity contribution is 5.81. The van der Waals surface area contributed by atoms with Gasteiger partial charge in [0.1, 0.15) is 5.82 Å². The molecule has 1 aromatic rings. The summed E-state index contributed by atoms with van der Waals surface area (Å²) in [7, 11) is 0. The van der Waals surface area contributed by atoms with Gasteiger partial charge >= 0.3 is 0 Å². The maximum absolute atomic E-state index is 12.6. The zero-order valence-electron chi connectivity index (χ0n) is 14.9. The number of carbonyl (C=O) groups is 1. The van der Waals surface area contributed by atoms with Gasteiger partial charge in [0.05, 0.1) is 6.04 Å². The molecule has 0 radical (unpaired) electrons. The van der Waals surface area contributed by atoms with Crippen LogP contribution in [0.2, 0.25) is 0 Å². The van der Waals surface area contributed by atoms with Crippen molar-refractivity contribution in [3.8, 4) is 0 Å². The van der Waals surface area contributed by atoms with Gasteiger partial charge in [-0.3, -0.25) is 9.69 Å². The number of hydrogen-bond acceptors (Lipinski definition) is 4. The van der Waals surface area contributed by atoms with Crippen molar-refractivity contribution in [2.45, 2.75) is 51.6 Å². The molecule has 5 heteroatoms. The number of piperazine rings is 1. The summed E-state index contributed by atoms with van der Waals surface area (Å²) in [5.41, 5.74) is 0. The van der Waals surface area contributed by atoms with Crippen LogP contribution in [0, 0.1) is 5.92 Å². The number of anilines is 1. The number of carbonyl (C=O) groups excluding carboxylic acids is 1. The molecule has 24 heavy (non-hydrogen) atoms. The van der Waals surface area contributed by atoms with Crippen LogP contribution in [0.15, 0.2) is 24.4 Å². The van der Waals surface area contributed by atoms with Crippen LogP contribution in [0.5, 0.6) is 0 Å². The normalized spacial score (nSPS) is 26.8. The van der Waals surface area contributed by atoms with Gasteiger partial charge < -0.3 is 10.2 Å².